The maximum absolute atomic E-state index is 10.8. The molecule has 3 fully saturated rings. The minimum atomic E-state index is -0.881. The highest BCUT2D eigenvalue weighted by molar-refractivity contribution is 6.33. The maximum Gasteiger partial charge on any atom is 0.307 e. The Morgan fingerprint density at radius 1 is 1.03 bits per heavy atom. The maximum atomic E-state index is 10.8. The zero-order chi connectivity index (χ0) is 22.2. The van der Waals surface area contributed by atoms with Gasteiger partial charge in [0, 0.05) is 41.6 Å². The lowest BCUT2D eigenvalue weighted by Gasteiger charge is -2.54. The van der Waals surface area contributed by atoms with Crippen LogP contribution in [0.1, 0.15) is 44.1 Å². The predicted molar refractivity (Wildman–Crippen MR) is 123 cm³/mol. The number of carbonyl (C=O) groups is 1. The Balaban J connectivity index is 1.21. The van der Waals surface area contributed by atoms with Crippen molar-refractivity contribution in [2.24, 2.45) is 5.41 Å². The first-order valence-electron chi connectivity index (χ1n) is 10.9. The first-order valence-corrected chi connectivity index (χ1v) is 11.3. The summed E-state index contributed by atoms with van der Waals surface area (Å²) >= 11 is 6.24. The Hall–Kier alpha value is -3.00. The number of pyridine rings is 2. The van der Waals surface area contributed by atoms with Crippen molar-refractivity contribution in [1.82, 2.24) is 19.9 Å². The standard InChI is InChI=1S/C23H25ClN6O2/c24-20-19-16(3-10-25-20)1-2-17(29-19)30-23-7-4-22(5-8-23,6-9-23)14-28-21-26-12-15(13-27-21)11-18(31)32/h1-3,10,12-13H,4-9,11,14H2,(H,29,30)(H,31,32)(H,26,27,28). The number of carboxylic acids is 1. The molecular formula is C23H25ClN6O2. The number of nitrogens with one attached hydrogen (secondary N) is 2. The van der Waals surface area contributed by atoms with Gasteiger partial charge in [0.15, 0.2) is 5.15 Å². The molecule has 8 nitrogen and oxygen atoms in total. The number of fused-ring (bicyclic) bond motifs is 4. The molecule has 3 aliphatic rings. The lowest BCUT2D eigenvalue weighted by Crippen LogP contribution is -2.52. The fourth-order valence-electron chi connectivity index (χ4n) is 5.05. The first-order chi connectivity index (χ1) is 15.4. The van der Waals surface area contributed by atoms with Crippen LogP contribution in [0.4, 0.5) is 11.8 Å². The SMILES string of the molecule is O=C(O)Cc1cnc(NCC23CCC(Nc4ccc5ccnc(Cl)c5n4)(CC2)CC3)nc1. The summed E-state index contributed by atoms with van der Waals surface area (Å²) < 4.78 is 0. The average Bonchev–Trinajstić information content (AvgIpc) is 2.80. The summed E-state index contributed by atoms with van der Waals surface area (Å²) in [6.45, 7) is 0.830. The number of nitrogens with zero attached hydrogens (tertiary/aromatic N) is 4. The molecule has 0 saturated heterocycles. The van der Waals surface area contributed by atoms with E-state index in [2.05, 4.69) is 25.6 Å². The van der Waals surface area contributed by atoms with Crippen LogP contribution in [0.2, 0.25) is 5.15 Å². The molecule has 2 bridgehead atoms. The highest BCUT2D eigenvalue weighted by Gasteiger charge is 2.48. The molecule has 3 saturated carbocycles. The Labute approximate surface area is 190 Å². The molecule has 6 rings (SSSR count). The van der Waals surface area contributed by atoms with Crippen molar-refractivity contribution in [3.63, 3.8) is 0 Å². The molecule has 32 heavy (non-hydrogen) atoms. The fraction of sp³-hybridized carbons (Fsp3) is 0.435. The van der Waals surface area contributed by atoms with Gasteiger partial charge in [0.1, 0.15) is 11.3 Å². The van der Waals surface area contributed by atoms with E-state index in [9.17, 15) is 4.79 Å². The second kappa shape index (κ2) is 8.16. The van der Waals surface area contributed by atoms with Gasteiger partial charge in [-0.15, -0.1) is 0 Å². The molecule has 9 heteroatoms. The predicted octanol–water partition coefficient (Wildman–Crippen LogP) is 4.32. The monoisotopic (exact) mass is 452 g/mol. The third-order valence-electron chi connectivity index (χ3n) is 7.04. The summed E-state index contributed by atoms with van der Waals surface area (Å²) in [6.07, 6.45) is 11.4. The minimum Gasteiger partial charge on any atom is -0.481 e. The van der Waals surface area contributed by atoms with Crippen LogP contribution in [0.5, 0.6) is 0 Å². The third-order valence-corrected chi connectivity index (χ3v) is 7.32. The third kappa shape index (κ3) is 4.19. The molecule has 0 radical (unpaired) electrons. The van der Waals surface area contributed by atoms with Crippen molar-refractivity contribution in [2.45, 2.75) is 50.5 Å². The first kappa shape index (κ1) is 20.9. The van der Waals surface area contributed by atoms with Gasteiger partial charge in [0.2, 0.25) is 5.95 Å². The zero-order valence-electron chi connectivity index (χ0n) is 17.6. The van der Waals surface area contributed by atoms with Gasteiger partial charge in [0.25, 0.3) is 0 Å². The van der Waals surface area contributed by atoms with Crippen LogP contribution >= 0.6 is 11.6 Å². The van der Waals surface area contributed by atoms with Crippen molar-refractivity contribution < 1.29 is 9.90 Å². The molecule has 166 valence electrons. The number of aromatic nitrogens is 4. The van der Waals surface area contributed by atoms with Crippen molar-refractivity contribution in [1.29, 1.82) is 0 Å². The van der Waals surface area contributed by atoms with Crippen molar-refractivity contribution in [3.8, 4) is 0 Å². The van der Waals surface area contributed by atoms with E-state index in [1.807, 2.05) is 18.2 Å². The lowest BCUT2D eigenvalue weighted by atomic mass is 9.57. The van der Waals surface area contributed by atoms with Crippen molar-refractivity contribution in [2.75, 3.05) is 17.2 Å². The second-order valence-corrected chi connectivity index (χ2v) is 9.47. The number of anilines is 2. The van der Waals surface area contributed by atoms with Crippen LogP contribution in [0, 0.1) is 5.41 Å². The van der Waals surface area contributed by atoms with Crippen LogP contribution in [0.25, 0.3) is 10.9 Å². The summed E-state index contributed by atoms with van der Waals surface area (Å²) in [5.74, 6) is 0.531. The largest absolute Gasteiger partial charge is 0.481 e. The molecule has 3 heterocycles. The number of hydrogen-bond acceptors (Lipinski definition) is 7. The van der Waals surface area contributed by atoms with Crippen molar-refractivity contribution >= 4 is 40.2 Å². The number of aliphatic carboxylic acids is 1. The summed E-state index contributed by atoms with van der Waals surface area (Å²) in [7, 11) is 0. The topological polar surface area (TPSA) is 113 Å². The normalized spacial score (nSPS) is 24.4. The molecule has 3 N–H and O–H groups in total. The Kier molecular flexibility index (Phi) is 5.33. The molecule has 0 amide bonds. The van der Waals surface area contributed by atoms with Gasteiger partial charge in [-0.25, -0.2) is 19.9 Å². The van der Waals surface area contributed by atoms with E-state index in [0.717, 1.165) is 61.8 Å². The van der Waals surface area contributed by atoms with Gasteiger partial charge < -0.3 is 15.7 Å². The zero-order valence-corrected chi connectivity index (χ0v) is 18.4. The van der Waals surface area contributed by atoms with Gasteiger partial charge in [-0.05, 0) is 62.1 Å². The number of halogens is 1. The van der Waals surface area contributed by atoms with Gasteiger partial charge >= 0.3 is 5.97 Å². The summed E-state index contributed by atoms with van der Waals surface area (Å²) in [6, 6.07) is 5.98. The Bertz CT molecular complexity index is 1130. The van der Waals surface area contributed by atoms with E-state index in [1.54, 1.807) is 18.6 Å². The smallest absolute Gasteiger partial charge is 0.307 e. The Morgan fingerprint density at radius 3 is 2.44 bits per heavy atom. The molecule has 0 atom stereocenters. The van der Waals surface area contributed by atoms with E-state index >= 15 is 0 Å². The number of hydrogen-bond donors (Lipinski definition) is 3. The molecule has 0 spiro atoms. The van der Waals surface area contributed by atoms with Crippen LogP contribution < -0.4 is 10.6 Å². The van der Waals surface area contributed by atoms with E-state index in [0.29, 0.717) is 16.7 Å². The second-order valence-electron chi connectivity index (χ2n) is 9.11. The van der Waals surface area contributed by atoms with Crippen molar-refractivity contribution in [3.05, 3.63) is 47.5 Å². The average molecular weight is 453 g/mol. The molecule has 0 aromatic carbocycles. The van der Waals surface area contributed by atoms with Gasteiger partial charge in [-0.3, -0.25) is 4.79 Å². The molecule has 3 aromatic heterocycles. The van der Waals surface area contributed by atoms with Gasteiger partial charge in [-0.1, -0.05) is 11.6 Å². The summed E-state index contributed by atoms with van der Waals surface area (Å²) in [5.41, 5.74) is 1.66. The van der Waals surface area contributed by atoms with E-state index in [4.69, 9.17) is 21.7 Å². The van der Waals surface area contributed by atoms with Crippen LogP contribution in [0.3, 0.4) is 0 Å². The van der Waals surface area contributed by atoms with Gasteiger partial charge in [-0.2, -0.15) is 0 Å². The van der Waals surface area contributed by atoms with E-state index in [1.165, 1.54) is 0 Å². The molecular weight excluding hydrogens is 428 g/mol. The molecule has 0 aliphatic heterocycles. The van der Waals surface area contributed by atoms with E-state index in [-0.39, 0.29) is 17.4 Å². The molecule has 3 aliphatic carbocycles. The number of rotatable bonds is 7. The highest BCUT2D eigenvalue weighted by atomic mass is 35.5. The fourth-order valence-corrected chi connectivity index (χ4v) is 5.26. The molecule has 3 aromatic rings. The highest BCUT2D eigenvalue weighted by Crippen LogP contribution is 2.53. The Morgan fingerprint density at radius 2 is 1.75 bits per heavy atom. The summed E-state index contributed by atoms with van der Waals surface area (Å²) in [4.78, 5) is 28.2. The minimum absolute atomic E-state index is 0.0614. The van der Waals surface area contributed by atoms with Gasteiger partial charge in [0.05, 0.1) is 6.42 Å². The van der Waals surface area contributed by atoms with E-state index < -0.39 is 5.97 Å². The quantitative estimate of drug-likeness (QED) is 0.454. The van der Waals surface area contributed by atoms with Crippen LogP contribution in [0.15, 0.2) is 36.8 Å². The van der Waals surface area contributed by atoms with Crippen LogP contribution in [-0.2, 0) is 11.2 Å². The lowest BCUT2D eigenvalue weighted by molar-refractivity contribution is -0.136. The summed E-state index contributed by atoms with van der Waals surface area (Å²) in [5, 5.41) is 17.4. The molecule has 0 unspecified atom stereocenters. The van der Waals surface area contributed by atoms with Crippen LogP contribution in [-0.4, -0.2) is 43.1 Å². The number of carboxylic acid groups (broad SMARTS) is 1.